The molecule has 96 valence electrons. The predicted molar refractivity (Wildman–Crippen MR) is 62.3 cm³/mol. The van der Waals surface area contributed by atoms with E-state index in [9.17, 15) is 0 Å². The number of aliphatic hydroxyl groups is 1. The Morgan fingerprint density at radius 3 is 2.53 bits per heavy atom. The number of anilines is 1. The van der Waals surface area contributed by atoms with Crippen molar-refractivity contribution < 1.29 is 14.6 Å². The van der Waals surface area contributed by atoms with E-state index in [1.165, 1.54) is 0 Å². The molecule has 1 rings (SSSR count). The summed E-state index contributed by atoms with van der Waals surface area (Å²) in [6.45, 7) is 6.42. The van der Waals surface area contributed by atoms with E-state index in [0.29, 0.717) is 12.5 Å². The lowest BCUT2D eigenvalue weighted by atomic mass is 10.5. The van der Waals surface area contributed by atoms with Crippen LogP contribution in [0, 0.1) is 0 Å². The fraction of sp³-hybridized carbons (Fsp3) is 0.700. The van der Waals surface area contributed by atoms with Crippen LogP contribution in [0.2, 0.25) is 0 Å². The molecular formula is C10H18N4O3. The molecule has 0 aliphatic heterocycles. The third kappa shape index (κ3) is 4.81. The Morgan fingerprint density at radius 1 is 1.24 bits per heavy atom. The van der Waals surface area contributed by atoms with Gasteiger partial charge in [0.05, 0.1) is 12.7 Å². The number of rotatable bonds is 7. The summed E-state index contributed by atoms with van der Waals surface area (Å²) < 4.78 is 10.5. The van der Waals surface area contributed by atoms with Gasteiger partial charge in [0.15, 0.2) is 0 Å². The monoisotopic (exact) mass is 242 g/mol. The van der Waals surface area contributed by atoms with E-state index in [0.717, 1.165) is 0 Å². The summed E-state index contributed by atoms with van der Waals surface area (Å²) in [5.41, 5.74) is 0. The number of hydrogen-bond donors (Lipinski definition) is 2. The van der Waals surface area contributed by atoms with Crippen LogP contribution in [0.25, 0.3) is 0 Å². The van der Waals surface area contributed by atoms with Crippen LogP contribution in [0.3, 0.4) is 0 Å². The maximum atomic E-state index is 8.67. The Balaban J connectivity index is 2.84. The number of hydrogen-bond acceptors (Lipinski definition) is 7. The second kappa shape index (κ2) is 6.85. The van der Waals surface area contributed by atoms with Crippen LogP contribution in [-0.2, 0) is 0 Å². The molecule has 0 spiro atoms. The molecular weight excluding hydrogens is 224 g/mol. The molecule has 7 nitrogen and oxygen atoms in total. The average Bonchev–Trinajstić information content (AvgIpc) is 2.25. The summed E-state index contributed by atoms with van der Waals surface area (Å²) in [6.07, 6.45) is -0.0300. The van der Waals surface area contributed by atoms with Crippen molar-refractivity contribution in [3.63, 3.8) is 0 Å². The van der Waals surface area contributed by atoms with E-state index in [2.05, 4.69) is 20.3 Å². The van der Waals surface area contributed by atoms with Gasteiger partial charge < -0.3 is 19.9 Å². The highest BCUT2D eigenvalue weighted by molar-refractivity contribution is 5.27. The first-order chi connectivity index (χ1) is 8.15. The zero-order valence-corrected chi connectivity index (χ0v) is 10.3. The van der Waals surface area contributed by atoms with Crippen molar-refractivity contribution in [2.45, 2.75) is 26.9 Å². The number of nitrogens with zero attached hydrogens (tertiary/aromatic N) is 3. The minimum Gasteiger partial charge on any atom is -0.461 e. The van der Waals surface area contributed by atoms with Gasteiger partial charge in [0.25, 0.3) is 0 Å². The van der Waals surface area contributed by atoms with Crippen molar-refractivity contribution in [2.75, 3.05) is 25.1 Å². The number of nitrogens with one attached hydrogen (secondary N) is 1. The minimum atomic E-state index is -0.0946. The first-order valence-corrected chi connectivity index (χ1v) is 5.56. The van der Waals surface area contributed by atoms with Gasteiger partial charge in [-0.15, -0.1) is 4.98 Å². The average molecular weight is 242 g/mol. The van der Waals surface area contributed by atoms with Gasteiger partial charge in [0.1, 0.15) is 6.61 Å². The largest absolute Gasteiger partial charge is 0.461 e. The number of aliphatic hydroxyl groups excluding tert-OH is 1. The van der Waals surface area contributed by atoms with E-state index in [1.807, 2.05) is 20.8 Å². The second-order valence-corrected chi connectivity index (χ2v) is 3.49. The van der Waals surface area contributed by atoms with Crippen LogP contribution in [0.5, 0.6) is 12.0 Å². The highest BCUT2D eigenvalue weighted by Crippen LogP contribution is 2.13. The summed E-state index contributed by atoms with van der Waals surface area (Å²) in [4.78, 5) is 12.1. The molecule has 0 saturated heterocycles. The van der Waals surface area contributed by atoms with Crippen molar-refractivity contribution in [3.8, 4) is 12.0 Å². The first kappa shape index (κ1) is 13.4. The molecule has 7 heteroatoms. The highest BCUT2D eigenvalue weighted by atomic mass is 16.5. The smallest absolute Gasteiger partial charge is 0.324 e. The van der Waals surface area contributed by atoms with E-state index < -0.39 is 0 Å². The van der Waals surface area contributed by atoms with Crippen LogP contribution in [-0.4, -0.2) is 45.9 Å². The molecule has 1 aromatic rings. The van der Waals surface area contributed by atoms with Crippen LogP contribution in [0.4, 0.5) is 5.95 Å². The van der Waals surface area contributed by atoms with Gasteiger partial charge in [0.2, 0.25) is 5.95 Å². The molecule has 0 saturated carbocycles. The maximum Gasteiger partial charge on any atom is 0.324 e. The summed E-state index contributed by atoms with van der Waals surface area (Å²) in [5, 5.41) is 11.6. The lowest BCUT2D eigenvalue weighted by Gasteiger charge is -2.10. The number of aromatic nitrogens is 3. The van der Waals surface area contributed by atoms with Crippen molar-refractivity contribution in [1.29, 1.82) is 0 Å². The Hall–Kier alpha value is -1.63. The molecule has 1 heterocycles. The summed E-state index contributed by atoms with van der Waals surface area (Å²) in [5.74, 6) is 0.395. The molecule has 0 aliphatic carbocycles. The Morgan fingerprint density at radius 2 is 1.94 bits per heavy atom. The van der Waals surface area contributed by atoms with Crippen molar-refractivity contribution in [3.05, 3.63) is 0 Å². The van der Waals surface area contributed by atoms with Gasteiger partial charge in [-0.1, -0.05) is 0 Å². The van der Waals surface area contributed by atoms with Crippen LogP contribution in [0.15, 0.2) is 0 Å². The van der Waals surface area contributed by atoms with Crippen LogP contribution >= 0.6 is 0 Å². The predicted octanol–water partition coefficient (Wildman–Crippen LogP) is 0.462. The van der Waals surface area contributed by atoms with Gasteiger partial charge in [-0.25, -0.2) is 0 Å². The van der Waals surface area contributed by atoms with Crippen molar-refractivity contribution >= 4 is 5.95 Å². The van der Waals surface area contributed by atoms with Crippen molar-refractivity contribution in [2.24, 2.45) is 0 Å². The van der Waals surface area contributed by atoms with Gasteiger partial charge in [-0.2, -0.15) is 9.97 Å². The SMILES string of the molecule is CCNc1nc(OCCO)nc(OC(C)C)n1. The zero-order valence-electron chi connectivity index (χ0n) is 10.3. The third-order valence-electron chi connectivity index (χ3n) is 1.59. The molecule has 0 bridgehead atoms. The lowest BCUT2D eigenvalue weighted by molar-refractivity contribution is 0.182. The van der Waals surface area contributed by atoms with Gasteiger partial charge in [-0.3, -0.25) is 0 Å². The molecule has 0 aromatic carbocycles. The van der Waals surface area contributed by atoms with Crippen LogP contribution < -0.4 is 14.8 Å². The summed E-state index contributed by atoms with van der Waals surface area (Å²) in [6, 6.07) is 0.347. The second-order valence-electron chi connectivity index (χ2n) is 3.49. The quantitative estimate of drug-likeness (QED) is 0.718. The molecule has 17 heavy (non-hydrogen) atoms. The third-order valence-corrected chi connectivity index (χ3v) is 1.59. The van der Waals surface area contributed by atoms with E-state index >= 15 is 0 Å². The fourth-order valence-corrected chi connectivity index (χ4v) is 1.04. The van der Waals surface area contributed by atoms with Gasteiger partial charge in [-0.05, 0) is 20.8 Å². The number of ether oxygens (including phenoxy) is 2. The molecule has 0 aliphatic rings. The Bertz CT molecular complexity index is 346. The van der Waals surface area contributed by atoms with Gasteiger partial charge in [0, 0.05) is 6.54 Å². The molecule has 2 N–H and O–H groups in total. The zero-order chi connectivity index (χ0) is 12.7. The Labute approximate surface area is 100 Å². The highest BCUT2D eigenvalue weighted by Gasteiger charge is 2.09. The standard InChI is InChI=1S/C10H18N4O3/c1-4-11-8-12-9(16-6-5-15)14-10(13-8)17-7(2)3/h7,15H,4-6H2,1-3H3,(H,11,12,13,14). The minimum absolute atomic E-state index is 0.0300. The van der Waals surface area contributed by atoms with Crippen LogP contribution in [0.1, 0.15) is 20.8 Å². The normalized spacial score (nSPS) is 10.4. The lowest BCUT2D eigenvalue weighted by Crippen LogP contribution is -2.13. The topological polar surface area (TPSA) is 89.4 Å². The maximum absolute atomic E-state index is 8.67. The molecule has 0 amide bonds. The molecule has 1 aromatic heterocycles. The summed E-state index contributed by atoms with van der Waals surface area (Å²) in [7, 11) is 0. The van der Waals surface area contributed by atoms with E-state index in [1.54, 1.807) is 0 Å². The molecule has 0 fully saturated rings. The molecule has 0 radical (unpaired) electrons. The van der Waals surface area contributed by atoms with Gasteiger partial charge >= 0.3 is 12.0 Å². The Kier molecular flexibility index (Phi) is 5.41. The fourth-order valence-electron chi connectivity index (χ4n) is 1.04. The first-order valence-electron chi connectivity index (χ1n) is 5.56. The molecule has 0 unspecified atom stereocenters. The van der Waals surface area contributed by atoms with E-state index in [4.69, 9.17) is 14.6 Å². The molecule has 0 atom stereocenters. The summed E-state index contributed by atoms with van der Waals surface area (Å²) >= 11 is 0. The van der Waals surface area contributed by atoms with E-state index in [-0.39, 0.29) is 31.3 Å². The van der Waals surface area contributed by atoms with Crippen molar-refractivity contribution in [1.82, 2.24) is 15.0 Å².